The molecular formula is C23H26N4O2. The van der Waals surface area contributed by atoms with Crippen molar-refractivity contribution in [2.24, 2.45) is 0 Å². The third-order valence-corrected chi connectivity index (χ3v) is 5.43. The molecule has 3 aromatic rings. The van der Waals surface area contributed by atoms with Crippen LogP contribution in [0.2, 0.25) is 0 Å². The maximum absolute atomic E-state index is 11.9. The molecule has 6 heteroatoms. The number of methoxy groups -OCH3 is 1. The number of aromatic nitrogens is 2. The van der Waals surface area contributed by atoms with E-state index < -0.39 is 0 Å². The molecular weight excluding hydrogens is 364 g/mol. The first-order chi connectivity index (χ1) is 14.1. The fourth-order valence-electron chi connectivity index (χ4n) is 3.73. The summed E-state index contributed by atoms with van der Waals surface area (Å²) in [7, 11) is 5.29. The van der Waals surface area contributed by atoms with Gasteiger partial charge in [-0.25, -0.2) is 4.98 Å². The van der Waals surface area contributed by atoms with Crippen molar-refractivity contribution >= 4 is 22.5 Å². The van der Waals surface area contributed by atoms with Gasteiger partial charge in [0.2, 0.25) is 5.91 Å². The SMILES string of the molecule is COc1ccccc1-c1ccnc2[nH]c(C3=CCN(CC(=O)N(C)C)CC3)cc12. The number of nitrogens with one attached hydrogen (secondary N) is 1. The molecule has 0 radical (unpaired) electrons. The number of carbonyl (C=O) groups is 1. The van der Waals surface area contributed by atoms with E-state index in [0.29, 0.717) is 6.54 Å². The molecule has 1 aromatic carbocycles. The van der Waals surface area contributed by atoms with Crippen molar-refractivity contribution in [3.63, 3.8) is 0 Å². The minimum absolute atomic E-state index is 0.137. The van der Waals surface area contributed by atoms with Gasteiger partial charge in [0, 0.05) is 50.0 Å². The van der Waals surface area contributed by atoms with Crippen molar-refractivity contribution in [2.75, 3.05) is 40.8 Å². The molecule has 29 heavy (non-hydrogen) atoms. The van der Waals surface area contributed by atoms with E-state index in [9.17, 15) is 4.79 Å². The van der Waals surface area contributed by atoms with E-state index in [2.05, 4.69) is 33.1 Å². The fourth-order valence-corrected chi connectivity index (χ4v) is 3.73. The zero-order chi connectivity index (χ0) is 20.4. The highest BCUT2D eigenvalue weighted by molar-refractivity contribution is 5.96. The second kappa shape index (κ2) is 8.09. The van der Waals surface area contributed by atoms with Gasteiger partial charge < -0.3 is 14.6 Å². The highest BCUT2D eigenvalue weighted by Gasteiger charge is 2.19. The monoisotopic (exact) mass is 390 g/mol. The minimum Gasteiger partial charge on any atom is -0.496 e. The normalized spacial score (nSPS) is 14.7. The smallest absolute Gasteiger partial charge is 0.236 e. The van der Waals surface area contributed by atoms with E-state index >= 15 is 0 Å². The quantitative estimate of drug-likeness (QED) is 0.725. The first-order valence-corrected chi connectivity index (χ1v) is 9.80. The van der Waals surface area contributed by atoms with E-state index in [-0.39, 0.29) is 5.91 Å². The predicted molar refractivity (Wildman–Crippen MR) is 116 cm³/mol. The standard InChI is InChI=1S/C23H26N4O2/c1-26(2)22(28)15-27-12-9-16(10-13-27)20-14-19-17(8-11-24-23(19)25-20)18-6-4-5-7-21(18)29-3/h4-9,11,14H,10,12-13,15H2,1-3H3,(H,24,25). The number of nitrogens with zero attached hydrogens (tertiary/aromatic N) is 3. The highest BCUT2D eigenvalue weighted by atomic mass is 16.5. The predicted octanol–water partition coefficient (Wildman–Crippen LogP) is 3.42. The number of amides is 1. The largest absolute Gasteiger partial charge is 0.496 e. The van der Waals surface area contributed by atoms with E-state index in [0.717, 1.165) is 53.1 Å². The Labute approximate surface area is 170 Å². The Balaban J connectivity index is 1.62. The third-order valence-electron chi connectivity index (χ3n) is 5.43. The number of benzene rings is 1. The van der Waals surface area contributed by atoms with Crippen LogP contribution in [0, 0.1) is 0 Å². The van der Waals surface area contributed by atoms with Crippen LogP contribution in [0.4, 0.5) is 0 Å². The Morgan fingerprint density at radius 1 is 1.24 bits per heavy atom. The van der Waals surface area contributed by atoms with E-state index in [1.54, 1.807) is 26.1 Å². The molecule has 4 rings (SSSR count). The second-order valence-corrected chi connectivity index (χ2v) is 7.51. The van der Waals surface area contributed by atoms with Crippen LogP contribution in [-0.4, -0.2) is 66.5 Å². The molecule has 0 unspecified atom stereocenters. The fraction of sp³-hybridized carbons (Fsp3) is 0.304. The number of rotatable bonds is 5. The number of carbonyl (C=O) groups excluding carboxylic acids is 1. The van der Waals surface area contributed by atoms with Crippen LogP contribution >= 0.6 is 0 Å². The zero-order valence-electron chi connectivity index (χ0n) is 17.1. The molecule has 0 spiro atoms. The van der Waals surface area contributed by atoms with Gasteiger partial charge in [-0.05, 0) is 35.8 Å². The summed E-state index contributed by atoms with van der Waals surface area (Å²) in [5.41, 5.74) is 5.38. The van der Waals surface area contributed by atoms with Gasteiger partial charge >= 0.3 is 0 Å². The lowest BCUT2D eigenvalue weighted by Gasteiger charge is -2.26. The first-order valence-electron chi connectivity index (χ1n) is 9.80. The molecule has 6 nitrogen and oxygen atoms in total. The summed E-state index contributed by atoms with van der Waals surface area (Å²) < 4.78 is 5.55. The Bertz CT molecular complexity index is 1070. The molecule has 0 atom stereocenters. The van der Waals surface area contributed by atoms with Crippen LogP contribution in [0.5, 0.6) is 5.75 Å². The van der Waals surface area contributed by atoms with Crippen molar-refractivity contribution in [3.8, 4) is 16.9 Å². The molecule has 150 valence electrons. The Morgan fingerprint density at radius 2 is 2.07 bits per heavy atom. The Kier molecular flexibility index (Phi) is 5.36. The molecule has 3 heterocycles. The van der Waals surface area contributed by atoms with Crippen molar-refractivity contribution in [1.82, 2.24) is 19.8 Å². The van der Waals surface area contributed by atoms with Crippen molar-refractivity contribution < 1.29 is 9.53 Å². The molecule has 1 aliphatic heterocycles. The molecule has 0 aliphatic carbocycles. The Morgan fingerprint density at radius 3 is 2.79 bits per heavy atom. The molecule has 1 N–H and O–H groups in total. The van der Waals surface area contributed by atoms with Crippen molar-refractivity contribution in [2.45, 2.75) is 6.42 Å². The summed E-state index contributed by atoms with van der Waals surface area (Å²) in [6.45, 7) is 2.10. The molecule has 0 saturated carbocycles. The number of para-hydroxylation sites is 1. The van der Waals surface area contributed by atoms with Crippen LogP contribution in [0.15, 0.2) is 48.7 Å². The highest BCUT2D eigenvalue weighted by Crippen LogP contribution is 2.35. The molecule has 1 amide bonds. The lowest BCUT2D eigenvalue weighted by Crippen LogP contribution is -2.38. The maximum atomic E-state index is 11.9. The summed E-state index contributed by atoms with van der Waals surface area (Å²) >= 11 is 0. The summed E-state index contributed by atoms with van der Waals surface area (Å²) in [5.74, 6) is 0.985. The number of hydrogen-bond donors (Lipinski definition) is 1. The van der Waals surface area contributed by atoms with Crippen LogP contribution in [-0.2, 0) is 4.79 Å². The molecule has 0 saturated heterocycles. The van der Waals surface area contributed by atoms with Gasteiger partial charge in [0.05, 0.1) is 13.7 Å². The maximum Gasteiger partial charge on any atom is 0.236 e. The van der Waals surface area contributed by atoms with Gasteiger partial charge in [-0.2, -0.15) is 0 Å². The zero-order valence-corrected chi connectivity index (χ0v) is 17.1. The number of fused-ring (bicyclic) bond motifs is 1. The molecule has 0 bridgehead atoms. The van der Waals surface area contributed by atoms with Crippen LogP contribution in [0.25, 0.3) is 27.7 Å². The summed E-state index contributed by atoms with van der Waals surface area (Å²) in [6, 6.07) is 12.2. The third kappa shape index (κ3) is 3.89. The van der Waals surface area contributed by atoms with Crippen LogP contribution in [0.3, 0.4) is 0 Å². The second-order valence-electron chi connectivity index (χ2n) is 7.51. The van der Waals surface area contributed by atoms with Gasteiger partial charge in [0.1, 0.15) is 11.4 Å². The first kappa shape index (κ1) is 19.2. The molecule has 1 aliphatic rings. The summed E-state index contributed by atoms with van der Waals surface area (Å²) in [6.07, 6.45) is 4.94. The number of aromatic amines is 1. The van der Waals surface area contributed by atoms with E-state index in [1.807, 2.05) is 30.5 Å². The van der Waals surface area contributed by atoms with Gasteiger partial charge in [-0.3, -0.25) is 9.69 Å². The number of H-pyrrole nitrogens is 1. The Hall–Kier alpha value is -3.12. The van der Waals surface area contributed by atoms with Crippen molar-refractivity contribution in [1.29, 1.82) is 0 Å². The number of likely N-dealkylation sites (N-methyl/N-ethyl adjacent to an activating group) is 1. The van der Waals surface area contributed by atoms with Gasteiger partial charge in [0.15, 0.2) is 0 Å². The summed E-state index contributed by atoms with van der Waals surface area (Å²) in [4.78, 5) is 23.8. The average molecular weight is 390 g/mol. The van der Waals surface area contributed by atoms with Crippen molar-refractivity contribution in [3.05, 3.63) is 54.4 Å². The van der Waals surface area contributed by atoms with Crippen LogP contribution in [0.1, 0.15) is 12.1 Å². The number of ether oxygens (including phenoxy) is 1. The summed E-state index contributed by atoms with van der Waals surface area (Å²) in [5, 5.41) is 1.08. The lowest BCUT2D eigenvalue weighted by molar-refractivity contribution is -0.129. The lowest BCUT2D eigenvalue weighted by atomic mass is 10.0. The van der Waals surface area contributed by atoms with Gasteiger partial charge in [-0.1, -0.05) is 24.3 Å². The number of pyridine rings is 1. The topological polar surface area (TPSA) is 61.5 Å². The molecule has 0 fully saturated rings. The van der Waals surface area contributed by atoms with E-state index in [4.69, 9.17) is 4.74 Å². The van der Waals surface area contributed by atoms with Gasteiger partial charge in [0.25, 0.3) is 0 Å². The van der Waals surface area contributed by atoms with Crippen LogP contribution < -0.4 is 4.74 Å². The van der Waals surface area contributed by atoms with E-state index in [1.165, 1.54) is 5.57 Å². The number of hydrogen-bond acceptors (Lipinski definition) is 4. The average Bonchev–Trinajstić information content (AvgIpc) is 3.18. The van der Waals surface area contributed by atoms with Gasteiger partial charge in [-0.15, -0.1) is 0 Å². The minimum atomic E-state index is 0.137. The molecule has 2 aromatic heterocycles.